The Kier molecular flexibility index (Phi) is 6.12. The van der Waals surface area contributed by atoms with Crippen LogP contribution >= 0.6 is 0 Å². The van der Waals surface area contributed by atoms with E-state index in [0.717, 1.165) is 24.3 Å². The Bertz CT molecular complexity index is 960. The van der Waals surface area contributed by atoms with E-state index in [0.29, 0.717) is 0 Å². The van der Waals surface area contributed by atoms with Crippen LogP contribution in [0, 0.1) is 11.6 Å². The molecule has 144 valence electrons. The van der Waals surface area contributed by atoms with Crippen molar-refractivity contribution >= 4 is 27.7 Å². The highest BCUT2D eigenvalue weighted by atomic mass is 32.2. The number of sulfonamides is 1. The van der Waals surface area contributed by atoms with Crippen LogP contribution < -0.4 is 10.0 Å². The summed E-state index contributed by atoms with van der Waals surface area (Å²) in [6.07, 6.45) is 1.98. The molecule has 2 aromatic rings. The van der Waals surface area contributed by atoms with Crippen molar-refractivity contribution in [2.24, 2.45) is 0 Å². The minimum atomic E-state index is -3.76. The van der Waals surface area contributed by atoms with Gasteiger partial charge in [0.25, 0.3) is 0 Å². The van der Waals surface area contributed by atoms with Crippen molar-refractivity contribution in [1.29, 1.82) is 0 Å². The fraction of sp³-hybridized carbons (Fsp3) is 0.211. The molecule has 0 saturated heterocycles. The lowest BCUT2D eigenvalue weighted by Crippen LogP contribution is -2.40. The first kappa shape index (κ1) is 20.7. The summed E-state index contributed by atoms with van der Waals surface area (Å²) in [7, 11) is -3.76. The van der Waals surface area contributed by atoms with Crippen molar-refractivity contribution in [3.8, 4) is 0 Å². The zero-order valence-corrected chi connectivity index (χ0v) is 15.9. The van der Waals surface area contributed by atoms with Gasteiger partial charge in [0.15, 0.2) is 0 Å². The molecular weight excluding hydrogens is 374 g/mol. The fourth-order valence-corrected chi connectivity index (χ4v) is 3.68. The number of amides is 1. The molecule has 5 nitrogen and oxygen atoms in total. The van der Waals surface area contributed by atoms with E-state index in [2.05, 4.69) is 10.0 Å². The van der Waals surface area contributed by atoms with E-state index in [9.17, 15) is 22.0 Å². The van der Waals surface area contributed by atoms with Gasteiger partial charge in [-0.1, -0.05) is 12.1 Å². The first-order valence-electron chi connectivity index (χ1n) is 8.05. The molecule has 0 bridgehead atoms. The van der Waals surface area contributed by atoms with Crippen LogP contribution in [0.25, 0.3) is 6.08 Å². The van der Waals surface area contributed by atoms with Crippen LogP contribution in [0.3, 0.4) is 0 Å². The quantitative estimate of drug-likeness (QED) is 0.760. The lowest BCUT2D eigenvalue weighted by Gasteiger charge is -2.20. The SMILES string of the molecule is CC(C)(C)NS(=O)(=O)c1cccc(NC(=O)/C=C/c2c(F)cccc2F)c1. The van der Waals surface area contributed by atoms with E-state index in [1.807, 2.05) is 0 Å². The molecule has 1 amide bonds. The Hall–Kier alpha value is -2.58. The summed E-state index contributed by atoms with van der Waals surface area (Å²) in [5, 5.41) is 2.46. The maximum Gasteiger partial charge on any atom is 0.248 e. The summed E-state index contributed by atoms with van der Waals surface area (Å²) in [5.41, 5.74) is -0.765. The van der Waals surface area contributed by atoms with Crippen LogP contribution in [0.4, 0.5) is 14.5 Å². The number of carbonyl (C=O) groups is 1. The highest BCUT2D eigenvalue weighted by molar-refractivity contribution is 7.89. The van der Waals surface area contributed by atoms with Crippen LogP contribution in [0.1, 0.15) is 26.3 Å². The van der Waals surface area contributed by atoms with Crippen LogP contribution in [0.15, 0.2) is 53.4 Å². The number of carbonyl (C=O) groups excluding carboxylic acids is 1. The second-order valence-corrected chi connectivity index (χ2v) is 8.52. The van der Waals surface area contributed by atoms with Gasteiger partial charge in [-0.2, -0.15) is 0 Å². The van der Waals surface area contributed by atoms with Gasteiger partial charge in [-0.15, -0.1) is 0 Å². The summed E-state index contributed by atoms with van der Waals surface area (Å²) in [6.45, 7) is 5.13. The predicted molar refractivity (Wildman–Crippen MR) is 101 cm³/mol. The van der Waals surface area contributed by atoms with Crippen molar-refractivity contribution in [2.75, 3.05) is 5.32 Å². The van der Waals surface area contributed by atoms with Gasteiger partial charge in [-0.3, -0.25) is 4.79 Å². The standard InChI is InChI=1S/C19H20F2N2O3S/c1-19(2,3)23-27(25,26)14-7-4-6-13(12-14)22-18(24)11-10-15-16(20)8-5-9-17(15)21/h4-12,23H,1-3H3,(H,22,24)/b11-10+. The molecule has 0 aliphatic rings. The van der Waals surface area contributed by atoms with E-state index < -0.39 is 33.1 Å². The molecule has 8 heteroatoms. The minimum Gasteiger partial charge on any atom is -0.322 e. The summed E-state index contributed by atoms with van der Waals surface area (Å²) in [4.78, 5) is 12.0. The Morgan fingerprint density at radius 1 is 1.04 bits per heavy atom. The van der Waals surface area contributed by atoms with Gasteiger partial charge in [0, 0.05) is 22.9 Å². The first-order valence-corrected chi connectivity index (χ1v) is 9.53. The van der Waals surface area contributed by atoms with Gasteiger partial charge in [0.2, 0.25) is 15.9 Å². The molecule has 27 heavy (non-hydrogen) atoms. The summed E-state index contributed by atoms with van der Waals surface area (Å²) in [5.74, 6) is -2.24. The summed E-state index contributed by atoms with van der Waals surface area (Å²) < 4.78 is 54.3. The first-order chi connectivity index (χ1) is 12.5. The molecule has 0 heterocycles. The van der Waals surface area contributed by atoms with Gasteiger partial charge < -0.3 is 5.32 Å². The molecule has 0 saturated carbocycles. The molecule has 0 spiro atoms. The van der Waals surface area contributed by atoms with Crippen LogP contribution in [-0.4, -0.2) is 19.9 Å². The number of nitrogens with one attached hydrogen (secondary N) is 2. The molecule has 0 atom stereocenters. The zero-order valence-electron chi connectivity index (χ0n) is 15.1. The molecule has 0 aromatic heterocycles. The highest BCUT2D eigenvalue weighted by Gasteiger charge is 2.22. The second kappa shape index (κ2) is 7.98. The van der Waals surface area contributed by atoms with Crippen LogP contribution in [0.2, 0.25) is 0 Å². The molecule has 0 fully saturated rings. The fourth-order valence-electron chi connectivity index (χ4n) is 2.22. The van der Waals surface area contributed by atoms with Crippen molar-refractivity contribution in [3.63, 3.8) is 0 Å². The van der Waals surface area contributed by atoms with E-state index in [4.69, 9.17) is 0 Å². The van der Waals surface area contributed by atoms with Crippen molar-refractivity contribution < 1.29 is 22.0 Å². The molecule has 0 aliphatic heterocycles. The molecule has 2 rings (SSSR count). The highest BCUT2D eigenvalue weighted by Crippen LogP contribution is 2.18. The Labute approximate surface area is 157 Å². The summed E-state index contributed by atoms with van der Waals surface area (Å²) in [6, 6.07) is 9.06. The van der Waals surface area contributed by atoms with Crippen LogP contribution in [-0.2, 0) is 14.8 Å². The normalized spacial score (nSPS) is 12.3. The average molecular weight is 394 g/mol. The largest absolute Gasteiger partial charge is 0.322 e. The molecule has 0 radical (unpaired) electrons. The van der Waals surface area contributed by atoms with E-state index >= 15 is 0 Å². The zero-order chi connectivity index (χ0) is 20.2. The number of hydrogen-bond acceptors (Lipinski definition) is 3. The van der Waals surface area contributed by atoms with Gasteiger partial charge >= 0.3 is 0 Å². The number of anilines is 1. The Morgan fingerprint density at radius 2 is 1.63 bits per heavy atom. The van der Waals surface area contributed by atoms with Crippen molar-refractivity contribution in [2.45, 2.75) is 31.2 Å². The number of benzene rings is 2. The lowest BCUT2D eigenvalue weighted by molar-refractivity contribution is -0.111. The van der Waals surface area contributed by atoms with Gasteiger partial charge in [0.05, 0.1) is 4.90 Å². The van der Waals surface area contributed by atoms with Gasteiger partial charge in [-0.05, 0) is 57.2 Å². The third kappa shape index (κ3) is 5.97. The minimum absolute atomic E-state index is 0.0145. The summed E-state index contributed by atoms with van der Waals surface area (Å²) >= 11 is 0. The number of rotatable bonds is 5. The predicted octanol–water partition coefficient (Wildman–Crippen LogP) is 3.69. The smallest absolute Gasteiger partial charge is 0.248 e. The van der Waals surface area contributed by atoms with E-state index in [1.165, 1.54) is 30.3 Å². The monoisotopic (exact) mass is 394 g/mol. The van der Waals surface area contributed by atoms with Crippen molar-refractivity contribution in [1.82, 2.24) is 4.72 Å². The van der Waals surface area contributed by atoms with Crippen molar-refractivity contribution in [3.05, 3.63) is 65.7 Å². The Balaban J connectivity index is 2.16. The van der Waals surface area contributed by atoms with Crippen LogP contribution in [0.5, 0.6) is 0 Å². The average Bonchev–Trinajstić information content (AvgIpc) is 2.52. The second-order valence-electron chi connectivity index (χ2n) is 6.84. The maximum atomic E-state index is 13.6. The topological polar surface area (TPSA) is 75.3 Å². The number of halogens is 2. The third-order valence-electron chi connectivity index (χ3n) is 3.25. The van der Waals surface area contributed by atoms with E-state index in [1.54, 1.807) is 20.8 Å². The van der Waals surface area contributed by atoms with Gasteiger partial charge in [-0.25, -0.2) is 21.9 Å². The molecule has 0 aliphatic carbocycles. The lowest BCUT2D eigenvalue weighted by atomic mass is 10.1. The van der Waals surface area contributed by atoms with E-state index in [-0.39, 0.29) is 16.1 Å². The third-order valence-corrected chi connectivity index (χ3v) is 5.01. The number of hydrogen-bond donors (Lipinski definition) is 2. The Morgan fingerprint density at radius 3 is 2.22 bits per heavy atom. The molecule has 0 unspecified atom stereocenters. The molecule has 2 aromatic carbocycles. The maximum absolute atomic E-state index is 13.6. The molecule has 2 N–H and O–H groups in total. The van der Waals surface area contributed by atoms with Gasteiger partial charge in [0.1, 0.15) is 11.6 Å². The molecular formula is C19H20F2N2O3S.